The van der Waals surface area contributed by atoms with Crippen LogP contribution in [-0.4, -0.2) is 56.9 Å². The van der Waals surface area contributed by atoms with Crippen LogP contribution in [0.1, 0.15) is 48.1 Å². The summed E-state index contributed by atoms with van der Waals surface area (Å²) in [5.41, 5.74) is 1.41. The van der Waals surface area contributed by atoms with E-state index < -0.39 is 11.9 Å². The van der Waals surface area contributed by atoms with Gasteiger partial charge < -0.3 is 20.1 Å². The number of pyridine rings is 1. The largest absolute Gasteiger partial charge is 0.481 e. The van der Waals surface area contributed by atoms with E-state index in [-0.39, 0.29) is 18.5 Å². The number of ether oxygens (including phenoxy) is 1. The fraction of sp³-hybridized carbons (Fsp3) is 0.429. The van der Waals surface area contributed by atoms with Crippen LogP contribution in [0.15, 0.2) is 30.7 Å². The number of aliphatic hydroxyl groups excluding tert-OH is 1. The number of aromatic nitrogens is 4. The highest BCUT2D eigenvalue weighted by molar-refractivity contribution is 5.99. The summed E-state index contributed by atoms with van der Waals surface area (Å²) in [7, 11) is 1.51. The first-order chi connectivity index (χ1) is 15.0. The van der Waals surface area contributed by atoms with Gasteiger partial charge in [-0.25, -0.2) is 18.9 Å². The van der Waals surface area contributed by atoms with Crippen LogP contribution >= 0.6 is 0 Å². The second-order valence-electron chi connectivity index (χ2n) is 7.49. The maximum Gasteiger partial charge on any atom is 0.256 e. The molecule has 0 aliphatic carbocycles. The van der Waals surface area contributed by atoms with Gasteiger partial charge in [0.15, 0.2) is 5.65 Å². The Balaban J connectivity index is 1.65. The Labute approximate surface area is 178 Å². The van der Waals surface area contributed by atoms with E-state index >= 15 is 0 Å². The van der Waals surface area contributed by atoms with Crippen LogP contribution in [0.5, 0.6) is 5.88 Å². The summed E-state index contributed by atoms with van der Waals surface area (Å²) in [6, 6.07) is 3.12. The van der Waals surface area contributed by atoms with Crippen LogP contribution < -0.4 is 15.0 Å². The molecule has 1 aliphatic heterocycles. The second-order valence-corrected chi connectivity index (χ2v) is 7.49. The molecule has 0 spiro atoms. The van der Waals surface area contributed by atoms with Crippen molar-refractivity contribution < 1.29 is 19.0 Å². The molecule has 0 saturated carbocycles. The van der Waals surface area contributed by atoms with Crippen molar-refractivity contribution >= 4 is 17.4 Å². The van der Waals surface area contributed by atoms with Gasteiger partial charge in [-0.1, -0.05) is 6.92 Å². The molecule has 0 radical (unpaired) electrons. The molecule has 1 fully saturated rings. The number of methoxy groups -OCH3 is 1. The monoisotopic (exact) mass is 428 g/mol. The highest BCUT2D eigenvalue weighted by Gasteiger charge is 2.31. The number of anilines is 1. The Bertz CT molecular complexity index is 1090. The van der Waals surface area contributed by atoms with Crippen LogP contribution in [0.2, 0.25) is 0 Å². The lowest BCUT2D eigenvalue weighted by molar-refractivity contribution is 0.0915. The van der Waals surface area contributed by atoms with Gasteiger partial charge in [0.2, 0.25) is 5.88 Å². The molecule has 3 aromatic rings. The van der Waals surface area contributed by atoms with Crippen molar-refractivity contribution in [3.8, 4) is 5.88 Å². The van der Waals surface area contributed by atoms with Gasteiger partial charge in [-0.2, -0.15) is 5.10 Å². The molecular weight excluding hydrogens is 403 g/mol. The van der Waals surface area contributed by atoms with Crippen molar-refractivity contribution in [1.82, 2.24) is 24.9 Å². The van der Waals surface area contributed by atoms with E-state index in [2.05, 4.69) is 25.3 Å². The summed E-state index contributed by atoms with van der Waals surface area (Å²) in [5, 5.41) is 16.6. The van der Waals surface area contributed by atoms with Crippen molar-refractivity contribution in [3.63, 3.8) is 0 Å². The zero-order chi connectivity index (χ0) is 22.0. The molecule has 2 N–H and O–H groups in total. The van der Waals surface area contributed by atoms with Gasteiger partial charge in [-0.05, 0) is 31.4 Å². The molecule has 2 unspecified atom stereocenters. The summed E-state index contributed by atoms with van der Waals surface area (Å²) in [5.74, 6) is 0.277. The van der Waals surface area contributed by atoms with Crippen molar-refractivity contribution in [1.29, 1.82) is 0 Å². The second kappa shape index (κ2) is 8.84. The summed E-state index contributed by atoms with van der Waals surface area (Å²) in [6.45, 7) is 2.73. The van der Waals surface area contributed by atoms with Crippen LogP contribution in [0.4, 0.5) is 10.2 Å². The minimum Gasteiger partial charge on any atom is -0.481 e. The van der Waals surface area contributed by atoms with Gasteiger partial charge in [-0.3, -0.25) is 4.79 Å². The SMILES string of the molecule is CCC(O)CNC(=O)c1cnn2ccc(N3CCCC3c3cc(F)cnc3OC)nc12. The highest BCUT2D eigenvalue weighted by Crippen LogP contribution is 2.38. The van der Waals surface area contributed by atoms with Crippen LogP contribution in [0.3, 0.4) is 0 Å². The molecule has 164 valence electrons. The van der Waals surface area contributed by atoms with Crippen LogP contribution in [-0.2, 0) is 0 Å². The third-order valence-corrected chi connectivity index (χ3v) is 5.51. The first kappa shape index (κ1) is 21.0. The molecule has 0 aromatic carbocycles. The molecule has 1 saturated heterocycles. The number of nitrogens with zero attached hydrogens (tertiary/aromatic N) is 5. The van der Waals surface area contributed by atoms with Gasteiger partial charge in [0, 0.05) is 24.8 Å². The Morgan fingerprint density at radius 2 is 2.29 bits per heavy atom. The maximum atomic E-state index is 13.9. The van der Waals surface area contributed by atoms with E-state index in [1.807, 2.05) is 13.0 Å². The van der Waals surface area contributed by atoms with E-state index in [1.54, 1.807) is 6.20 Å². The lowest BCUT2D eigenvalue weighted by atomic mass is 10.1. The molecule has 10 heteroatoms. The van der Waals surface area contributed by atoms with Gasteiger partial charge >= 0.3 is 0 Å². The van der Waals surface area contributed by atoms with E-state index in [4.69, 9.17) is 4.74 Å². The molecule has 9 nitrogen and oxygen atoms in total. The summed E-state index contributed by atoms with van der Waals surface area (Å²) in [4.78, 5) is 23.4. The Morgan fingerprint density at radius 1 is 1.45 bits per heavy atom. The molecule has 2 atom stereocenters. The summed E-state index contributed by atoms with van der Waals surface area (Å²) < 4.78 is 20.8. The summed E-state index contributed by atoms with van der Waals surface area (Å²) >= 11 is 0. The van der Waals surface area contributed by atoms with E-state index in [0.29, 0.717) is 34.9 Å². The predicted octanol–water partition coefficient (Wildman–Crippen LogP) is 2.11. The topological polar surface area (TPSA) is 105 Å². The van der Waals surface area contributed by atoms with Gasteiger partial charge in [0.25, 0.3) is 5.91 Å². The van der Waals surface area contributed by atoms with E-state index in [9.17, 15) is 14.3 Å². The first-order valence-electron chi connectivity index (χ1n) is 10.3. The zero-order valence-electron chi connectivity index (χ0n) is 17.5. The summed E-state index contributed by atoms with van der Waals surface area (Å²) in [6.07, 6.45) is 5.99. The van der Waals surface area contributed by atoms with Gasteiger partial charge in [-0.15, -0.1) is 0 Å². The van der Waals surface area contributed by atoms with Crippen molar-refractivity contribution in [3.05, 3.63) is 47.7 Å². The first-order valence-corrected chi connectivity index (χ1v) is 10.3. The number of nitrogens with one attached hydrogen (secondary N) is 1. The van der Waals surface area contributed by atoms with Crippen molar-refractivity contribution in [2.45, 2.75) is 38.3 Å². The number of hydrogen-bond acceptors (Lipinski definition) is 7. The Hall–Kier alpha value is -3.27. The molecule has 0 bridgehead atoms. The molecule has 1 amide bonds. The van der Waals surface area contributed by atoms with Gasteiger partial charge in [0.05, 0.1) is 31.6 Å². The smallest absolute Gasteiger partial charge is 0.256 e. The molecule has 1 aliphatic rings. The van der Waals surface area contributed by atoms with Gasteiger partial charge in [0.1, 0.15) is 17.2 Å². The number of hydrogen-bond donors (Lipinski definition) is 2. The minimum absolute atomic E-state index is 0.145. The van der Waals surface area contributed by atoms with E-state index in [1.165, 1.54) is 23.9 Å². The molecular formula is C21H25FN6O3. The number of fused-ring (bicyclic) bond motifs is 1. The van der Waals surface area contributed by atoms with E-state index in [0.717, 1.165) is 25.6 Å². The number of carbonyl (C=O) groups is 1. The fourth-order valence-electron chi connectivity index (χ4n) is 3.85. The van der Waals surface area contributed by atoms with Crippen molar-refractivity contribution in [2.24, 2.45) is 0 Å². The van der Waals surface area contributed by atoms with Crippen LogP contribution in [0.25, 0.3) is 5.65 Å². The molecule has 31 heavy (non-hydrogen) atoms. The predicted molar refractivity (Wildman–Crippen MR) is 112 cm³/mol. The normalized spacial score (nSPS) is 17.2. The number of aliphatic hydroxyl groups is 1. The maximum absolute atomic E-state index is 13.9. The third kappa shape index (κ3) is 4.15. The lowest BCUT2D eigenvalue weighted by Gasteiger charge is -2.26. The third-order valence-electron chi connectivity index (χ3n) is 5.51. The van der Waals surface area contributed by atoms with Crippen molar-refractivity contribution in [2.75, 3.05) is 25.1 Å². The Kier molecular flexibility index (Phi) is 5.99. The average molecular weight is 428 g/mol. The number of halogens is 1. The molecule has 4 heterocycles. The minimum atomic E-state index is -0.602. The number of rotatable bonds is 7. The standard InChI is InChI=1S/C21H25FN6O3/c1-3-14(29)11-23-20(30)16-12-25-28-8-6-18(26-19(16)28)27-7-4-5-17(27)15-9-13(22)10-24-21(15)31-2/h6,8-10,12,14,17,29H,3-5,7,11H2,1-2H3,(H,23,30). The Morgan fingerprint density at radius 3 is 3.06 bits per heavy atom. The molecule has 3 aromatic heterocycles. The zero-order valence-corrected chi connectivity index (χ0v) is 17.5. The molecule has 4 rings (SSSR count). The average Bonchev–Trinajstić information content (AvgIpc) is 3.43. The fourth-order valence-corrected chi connectivity index (χ4v) is 3.85. The van der Waals surface area contributed by atoms with Crippen LogP contribution in [0, 0.1) is 5.82 Å². The number of carbonyl (C=O) groups excluding carboxylic acids is 1. The quantitative estimate of drug-likeness (QED) is 0.594. The highest BCUT2D eigenvalue weighted by atomic mass is 19.1. The number of amides is 1. The lowest BCUT2D eigenvalue weighted by Crippen LogP contribution is -2.31.